The molecule has 0 radical (unpaired) electrons. The highest BCUT2D eigenvalue weighted by Crippen LogP contribution is 2.24. The number of aliphatic hydroxyl groups excluding tert-OH is 1. The van der Waals surface area contributed by atoms with Gasteiger partial charge in [-0.3, -0.25) is 4.79 Å². The second kappa shape index (κ2) is 6.65. The summed E-state index contributed by atoms with van der Waals surface area (Å²) in [6.45, 7) is 1.56. The van der Waals surface area contributed by atoms with E-state index >= 15 is 0 Å². The van der Waals surface area contributed by atoms with Crippen molar-refractivity contribution in [1.82, 2.24) is 0 Å². The molecule has 1 amide bonds. The number of nitrogens with zero attached hydrogens (tertiary/aromatic N) is 1. The van der Waals surface area contributed by atoms with Gasteiger partial charge in [0.05, 0.1) is 0 Å². The molecule has 0 bridgehead atoms. The Morgan fingerprint density at radius 3 is 2.38 bits per heavy atom. The van der Waals surface area contributed by atoms with Gasteiger partial charge in [-0.05, 0) is 24.3 Å². The summed E-state index contributed by atoms with van der Waals surface area (Å²) < 4.78 is 39.6. The number of rotatable bonds is 4. The van der Waals surface area contributed by atoms with Crippen molar-refractivity contribution in [1.29, 1.82) is 5.26 Å². The topological polar surface area (TPSA) is 82.3 Å². The zero-order chi connectivity index (χ0) is 16.0. The highest BCUT2D eigenvalue weighted by atomic mass is 19.4. The standard InChI is InChI=1S/C13H11F3N2O3/c1-2-11(19)10(7-17)12(20)18-8-3-5-9(6-4-8)21-13(14,15)16/h3-6,19H,2H2,1H3,(H,18,20)/b11-10-. The Kier molecular flexibility index (Phi) is 5.18. The minimum Gasteiger partial charge on any atom is -0.511 e. The number of benzene rings is 1. The number of nitrogens with one attached hydrogen (secondary N) is 1. The van der Waals surface area contributed by atoms with Gasteiger partial charge in [0.25, 0.3) is 5.91 Å². The van der Waals surface area contributed by atoms with Crippen LogP contribution in [0.4, 0.5) is 18.9 Å². The molecule has 1 aromatic carbocycles. The van der Waals surface area contributed by atoms with Crippen molar-refractivity contribution in [3.63, 3.8) is 0 Å². The van der Waals surface area contributed by atoms with Crippen LogP contribution in [0.2, 0.25) is 0 Å². The van der Waals surface area contributed by atoms with E-state index in [9.17, 15) is 23.1 Å². The van der Waals surface area contributed by atoms with Gasteiger partial charge in [-0.1, -0.05) is 6.92 Å². The van der Waals surface area contributed by atoms with E-state index in [1.54, 1.807) is 13.0 Å². The van der Waals surface area contributed by atoms with Gasteiger partial charge < -0.3 is 15.2 Å². The van der Waals surface area contributed by atoms with Gasteiger partial charge in [-0.15, -0.1) is 13.2 Å². The van der Waals surface area contributed by atoms with E-state index in [-0.39, 0.29) is 17.9 Å². The van der Waals surface area contributed by atoms with Crippen LogP contribution in [0.3, 0.4) is 0 Å². The molecular weight excluding hydrogens is 289 g/mol. The van der Waals surface area contributed by atoms with E-state index in [2.05, 4.69) is 10.1 Å². The Morgan fingerprint density at radius 1 is 1.38 bits per heavy atom. The number of halogens is 3. The SMILES string of the molecule is CC/C(O)=C(\C#N)C(=O)Nc1ccc(OC(F)(F)F)cc1. The van der Waals surface area contributed by atoms with Gasteiger partial charge in [-0.25, -0.2) is 0 Å². The average molecular weight is 300 g/mol. The summed E-state index contributed by atoms with van der Waals surface area (Å²) in [4.78, 5) is 11.7. The number of aliphatic hydroxyl groups is 1. The first-order valence-corrected chi connectivity index (χ1v) is 5.76. The quantitative estimate of drug-likeness (QED) is 0.508. The van der Waals surface area contributed by atoms with Crippen LogP contribution < -0.4 is 10.1 Å². The maximum Gasteiger partial charge on any atom is 0.573 e. The normalized spacial score (nSPS) is 12.1. The van der Waals surface area contributed by atoms with E-state index in [1.165, 1.54) is 12.1 Å². The number of anilines is 1. The molecule has 1 aromatic rings. The fourth-order valence-electron chi connectivity index (χ4n) is 1.36. The smallest absolute Gasteiger partial charge is 0.511 e. The first-order chi connectivity index (χ1) is 9.76. The Labute approximate surface area is 118 Å². The summed E-state index contributed by atoms with van der Waals surface area (Å²) in [5, 5.41) is 20.4. The summed E-state index contributed by atoms with van der Waals surface area (Å²) in [5.41, 5.74) is -0.292. The average Bonchev–Trinajstić information content (AvgIpc) is 2.40. The largest absolute Gasteiger partial charge is 0.573 e. The second-order valence-corrected chi connectivity index (χ2v) is 3.81. The molecule has 0 unspecified atom stereocenters. The Morgan fingerprint density at radius 2 is 1.95 bits per heavy atom. The summed E-state index contributed by atoms with van der Waals surface area (Å²) in [6.07, 6.45) is -4.69. The van der Waals surface area contributed by atoms with Gasteiger partial charge in [-0.2, -0.15) is 5.26 Å². The lowest BCUT2D eigenvalue weighted by molar-refractivity contribution is -0.274. The van der Waals surface area contributed by atoms with Crippen LogP contribution in [0, 0.1) is 11.3 Å². The van der Waals surface area contributed by atoms with Crippen LogP contribution in [-0.2, 0) is 4.79 Å². The fraction of sp³-hybridized carbons (Fsp3) is 0.231. The first-order valence-electron chi connectivity index (χ1n) is 5.76. The lowest BCUT2D eigenvalue weighted by Crippen LogP contribution is -2.17. The molecule has 2 N–H and O–H groups in total. The van der Waals surface area contributed by atoms with E-state index < -0.39 is 23.6 Å². The Balaban J connectivity index is 2.81. The van der Waals surface area contributed by atoms with Crippen molar-refractivity contribution >= 4 is 11.6 Å². The minimum absolute atomic E-state index is 0.106. The molecule has 5 nitrogen and oxygen atoms in total. The molecule has 0 aliphatic rings. The molecule has 1 rings (SSSR count). The number of nitriles is 1. The summed E-state index contributed by atoms with van der Waals surface area (Å²) in [6, 6.07) is 5.94. The molecule has 0 spiro atoms. The van der Waals surface area contributed by atoms with Gasteiger partial charge in [0.15, 0.2) is 5.57 Å². The van der Waals surface area contributed by atoms with Crippen LogP contribution in [0.5, 0.6) is 5.75 Å². The molecule has 0 saturated heterocycles. The molecule has 8 heteroatoms. The van der Waals surface area contributed by atoms with Crippen molar-refractivity contribution in [2.24, 2.45) is 0 Å². The van der Waals surface area contributed by atoms with E-state index in [0.717, 1.165) is 12.1 Å². The minimum atomic E-state index is -4.80. The summed E-state index contributed by atoms with van der Waals surface area (Å²) in [5.74, 6) is -1.65. The predicted molar refractivity (Wildman–Crippen MR) is 67.3 cm³/mol. The lowest BCUT2D eigenvalue weighted by Gasteiger charge is -2.10. The van der Waals surface area contributed by atoms with Crippen LogP contribution in [-0.4, -0.2) is 17.4 Å². The van der Waals surface area contributed by atoms with Gasteiger partial charge in [0.2, 0.25) is 0 Å². The van der Waals surface area contributed by atoms with Gasteiger partial charge in [0, 0.05) is 12.1 Å². The van der Waals surface area contributed by atoms with Crippen molar-refractivity contribution in [3.05, 3.63) is 35.6 Å². The van der Waals surface area contributed by atoms with Crippen molar-refractivity contribution < 1.29 is 27.8 Å². The monoisotopic (exact) mass is 300 g/mol. The maximum atomic E-state index is 12.0. The summed E-state index contributed by atoms with van der Waals surface area (Å²) >= 11 is 0. The van der Waals surface area contributed by atoms with Crippen molar-refractivity contribution in [3.8, 4) is 11.8 Å². The molecule has 0 atom stereocenters. The molecule has 0 fully saturated rings. The maximum absolute atomic E-state index is 12.0. The second-order valence-electron chi connectivity index (χ2n) is 3.81. The van der Waals surface area contributed by atoms with Crippen LogP contribution >= 0.6 is 0 Å². The van der Waals surface area contributed by atoms with E-state index in [4.69, 9.17) is 5.26 Å². The Bertz CT molecular complexity index is 586. The summed E-state index contributed by atoms with van der Waals surface area (Å²) in [7, 11) is 0. The molecule has 0 aliphatic heterocycles. The van der Waals surface area contributed by atoms with Crippen LogP contribution in [0.15, 0.2) is 35.6 Å². The molecule has 21 heavy (non-hydrogen) atoms. The molecule has 0 aliphatic carbocycles. The molecule has 0 saturated carbocycles. The highest BCUT2D eigenvalue weighted by Gasteiger charge is 2.30. The molecule has 0 heterocycles. The van der Waals surface area contributed by atoms with Gasteiger partial charge in [0.1, 0.15) is 17.6 Å². The van der Waals surface area contributed by atoms with E-state index in [1.807, 2.05) is 0 Å². The van der Waals surface area contributed by atoms with Gasteiger partial charge >= 0.3 is 6.36 Å². The van der Waals surface area contributed by atoms with Crippen LogP contribution in [0.25, 0.3) is 0 Å². The number of alkyl halides is 3. The van der Waals surface area contributed by atoms with Crippen molar-refractivity contribution in [2.75, 3.05) is 5.32 Å². The third kappa shape index (κ3) is 5.06. The number of carbonyl (C=O) groups excluding carboxylic acids is 1. The molecule has 0 aromatic heterocycles. The number of hydrogen-bond acceptors (Lipinski definition) is 4. The number of allylic oxidation sites excluding steroid dienone is 1. The predicted octanol–water partition coefficient (Wildman–Crippen LogP) is 3.27. The van der Waals surface area contributed by atoms with E-state index in [0.29, 0.717) is 0 Å². The first kappa shape index (κ1) is 16.4. The molecule has 112 valence electrons. The molecular formula is C13H11F3N2O3. The zero-order valence-corrected chi connectivity index (χ0v) is 10.9. The zero-order valence-electron chi connectivity index (χ0n) is 10.9. The Hall–Kier alpha value is -2.69. The number of amides is 1. The highest BCUT2D eigenvalue weighted by molar-refractivity contribution is 6.06. The van der Waals surface area contributed by atoms with Crippen LogP contribution in [0.1, 0.15) is 13.3 Å². The fourth-order valence-corrected chi connectivity index (χ4v) is 1.36. The number of carbonyl (C=O) groups is 1. The third-order valence-corrected chi connectivity index (χ3v) is 2.31. The lowest BCUT2D eigenvalue weighted by atomic mass is 10.2. The third-order valence-electron chi connectivity index (χ3n) is 2.31. The number of hydrogen-bond donors (Lipinski definition) is 2. The van der Waals surface area contributed by atoms with Crippen molar-refractivity contribution in [2.45, 2.75) is 19.7 Å². The number of ether oxygens (including phenoxy) is 1.